The van der Waals surface area contributed by atoms with E-state index in [0.717, 1.165) is 27.7 Å². The first-order valence-corrected chi connectivity index (χ1v) is 16.0. The van der Waals surface area contributed by atoms with Crippen molar-refractivity contribution in [1.82, 2.24) is 19.9 Å². The van der Waals surface area contributed by atoms with Gasteiger partial charge in [0.25, 0.3) is 0 Å². The molecule has 295 valence electrons. The first-order valence-electron chi connectivity index (χ1n) is 16.0. The molecule has 0 unspecified atom stereocenters. The predicted molar refractivity (Wildman–Crippen MR) is 185 cm³/mol. The van der Waals surface area contributed by atoms with Crippen LogP contribution in [0.2, 0.25) is 0 Å². The maximum absolute atomic E-state index is 13.6. The number of fused-ring (bicyclic) bond motifs is 8. The van der Waals surface area contributed by atoms with Gasteiger partial charge in [-0.1, -0.05) is 24.3 Å². The quantitative estimate of drug-likeness (QED) is 0.0757. The smallest absolute Gasteiger partial charge is 0.656 e. The first-order chi connectivity index (χ1) is 26.7. The van der Waals surface area contributed by atoms with Gasteiger partial charge in [-0.25, -0.2) is 29.1 Å². The van der Waals surface area contributed by atoms with Crippen LogP contribution in [0, 0.1) is 0 Å². The Morgan fingerprint density at radius 2 is 0.614 bits per heavy atom. The van der Waals surface area contributed by atoms with Crippen molar-refractivity contribution >= 4 is 94.1 Å². The van der Waals surface area contributed by atoms with Crippen LogP contribution in [0.5, 0.6) is 0 Å². The molecule has 2 aliphatic rings. The molecular formula is C36H28MnN4O16. The van der Waals surface area contributed by atoms with E-state index in [1.54, 1.807) is 0 Å². The second-order valence-electron chi connectivity index (χ2n) is 11.1. The van der Waals surface area contributed by atoms with E-state index in [-0.39, 0.29) is 84.2 Å². The van der Waals surface area contributed by atoms with Crippen molar-refractivity contribution in [3.05, 3.63) is 69.3 Å². The summed E-state index contributed by atoms with van der Waals surface area (Å²) in [5.41, 5.74) is -2.31. The number of ether oxygens (including phenoxy) is 8. The van der Waals surface area contributed by atoms with Gasteiger partial charge in [0, 0.05) is 27.7 Å². The minimum atomic E-state index is -1.09. The number of hydrogen-bond acceptors (Lipinski definition) is 18. The molecule has 0 saturated heterocycles. The van der Waals surface area contributed by atoms with Crippen LogP contribution in [0.15, 0.2) is 24.3 Å². The number of esters is 8. The van der Waals surface area contributed by atoms with Gasteiger partial charge in [-0.2, -0.15) is 0 Å². The molecule has 3 aromatic rings. The standard InChI is InChI=1S/C36H29N4O16.Mn/c1-17(41)49-13-53-33(45)29-21-5-7-23(37-21)30(34(46)54-14-50-18(2)42)25-9-11-27(39-25)32(36(48)56-16-52-20(4)44)28-12-10-26(40-28)31(24-8-6-22(29)38-24)35(47)55-15-51-19(3)43;/h5-12H,13-16H2,1-4H3,(H-,37,38,39,40,45,46,47,48);/q-1;+2/p-1. The third kappa shape index (κ3) is 10.6. The van der Waals surface area contributed by atoms with Gasteiger partial charge >= 0.3 is 64.8 Å². The van der Waals surface area contributed by atoms with E-state index in [0.29, 0.717) is 0 Å². The number of hydrogen-bond donors (Lipinski definition) is 0. The van der Waals surface area contributed by atoms with E-state index < -0.39 is 74.9 Å². The summed E-state index contributed by atoms with van der Waals surface area (Å²) in [5.74, 6) is -7.35. The van der Waals surface area contributed by atoms with Crippen LogP contribution >= 0.6 is 0 Å². The third-order valence-electron chi connectivity index (χ3n) is 7.23. The summed E-state index contributed by atoms with van der Waals surface area (Å²) in [5, 5.41) is 0. The van der Waals surface area contributed by atoms with E-state index in [4.69, 9.17) is 37.9 Å². The topological polar surface area (TPSA) is 264 Å². The monoisotopic (exact) mass is 827 g/mol. The average molecular weight is 828 g/mol. The van der Waals surface area contributed by atoms with E-state index in [9.17, 15) is 38.4 Å². The fraction of sp³-hybridized carbons (Fsp3) is 0.222. The Morgan fingerprint density at radius 3 is 0.807 bits per heavy atom. The second-order valence-corrected chi connectivity index (χ2v) is 11.1. The molecular weight excluding hydrogens is 799 g/mol. The fourth-order valence-corrected chi connectivity index (χ4v) is 4.88. The normalized spacial score (nSPS) is 11.0. The summed E-state index contributed by atoms with van der Waals surface area (Å²) < 4.78 is 39.7. The SMILES string of the molecule is CC(=O)OCOC(=O)c1c2nc(c(C(=O)OCOC(C)=O)c3ccc([n-]3)c(C(=O)OCOC(C)=O)c3nc(c(C(=O)OCOC(C)=O)c4ccc1[n-]4)C=C3)C=C2.[Mn+2]. The van der Waals surface area contributed by atoms with Gasteiger partial charge in [0.1, 0.15) is 0 Å². The molecule has 0 fully saturated rings. The molecule has 0 aliphatic carbocycles. The molecule has 0 amide bonds. The van der Waals surface area contributed by atoms with Crippen molar-refractivity contribution in [2.45, 2.75) is 27.7 Å². The number of rotatable bonds is 12. The van der Waals surface area contributed by atoms with Crippen LogP contribution in [0.4, 0.5) is 0 Å². The van der Waals surface area contributed by atoms with Gasteiger partial charge in [-0.05, 0) is 24.3 Å². The molecule has 5 rings (SSSR count). The number of aromatic nitrogens is 4. The Labute approximate surface area is 330 Å². The molecule has 0 atom stereocenters. The molecule has 1 radical (unpaired) electrons. The Balaban J connectivity index is 0.00000720. The zero-order chi connectivity index (χ0) is 40.5. The van der Waals surface area contributed by atoms with E-state index >= 15 is 0 Å². The summed E-state index contributed by atoms with van der Waals surface area (Å²) in [6.07, 6.45) is 5.28. The van der Waals surface area contributed by atoms with Gasteiger partial charge in [-0.15, -0.1) is 22.1 Å². The molecule has 8 bridgehead atoms. The molecule has 21 heteroatoms. The minimum Gasteiger partial charge on any atom is -0.656 e. The van der Waals surface area contributed by atoms with E-state index in [1.807, 2.05) is 0 Å². The maximum atomic E-state index is 13.6. The average Bonchev–Trinajstić information content (AvgIpc) is 3.95. The van der Waals surface area contributed by atoms with E-state index in [2.05, 4.69) is 19.9 Å². The summed E-state index contributed by atoms with van der Waals surface area (Å²) in [6.45, 7) is 1.22. The van der Waals surface area contributed by atoms with Gasteiger partial charge in [0.2, 0.25) is 27.2 Å². The number of carbonyl (C=O) groups is 8. The molecule has 5 heterocycles. The van der Waals surface area contributed by atoms with Crippen molar-refractivity contribution in [3.8, 4) is 0 Å². The molecule has 20 nitrogen and oxygen atoms in total. The molecule has 57 heavy (non-hydrogen) atoms. The van der Waals surface area contributed by atoms with Gasteiger partial charge < -0.3 is 47.9 Å². The molecule has 3 aromatic heterocycles. The van der Waals surface area contributed by atoms with Crippen LogP contribution in [-0.2, 0) is 74.1 Å². The van der Waals surface area contributed by atoms with Crippen molar-refractivity contribution in [2.75, 3.05) is 27.2 Å². The Bertz CT molecular complexity index is 2070. The van der Waals surface area contributed by atoms with E-state index in [1.165, 1.54) is 48.6 Å². The zero-order valence-electron chi connectivity index (χ0n) is 30.1. The van der Waals surface area contributed by atoms with Crippen LogP contribution in [0.3, 0.4) is 0 Å². The maximum Gasteiger partial charge on any atom is 2.00 e. The molecule has 2 aliphatic heterocycles. The summed E-state index contributed by atoms with van der Waals surface area (Å²) in [6, 6.07) is 5.28. The number of nitrogens with zero attached hydrogens (tertiary/aromatic N) is 4. The molecule has 0 saturated carbocycles. The van der Waals surface area contributed by atoms with Gasteiger partial charge in [-0.3, -0.25) is 19.2 Å². The minimum absolute atomic E-state index is 0. The largest absolute Gasteiger partial charge is 2.00 e. The fourth-order valence-electron chi connectivity index (χ4n) is 4.88. The molecule has 0 N–H and O–H groups in total. The second kappa shape index (κ2) is 19.0. The van der Waals surface area contributed by atoms with Gasteiger partial charge in [0.05, 0.1) is 45.0 Å². The third-order valence-corrected chi connectivity index (χ3v) is 7.23. The predicted octanol–water partition coefficient (Wildman–Crippen LogP) is 2.62. The molecule has 0 aromatic carbocycles. The van der Waals surface area contributed by atoms with Crippen LogP contribution in [-0.4, -0.2) is 84.9 Å². The van der Waals surface area contributed by atoms with Crippen LogP contribution in [0.1, 0.15) is 91.9 Å². The Morgan fingerprint density at radius 1 is 0.404 bits per heavy atom. The van der Waals surface area contributed by atoms with Crippen molar-refractivity contribution < 1.29 is 93.3 Å². The summed E-state index contributed by atoms with van der Waals surface area (Å²) >= 11 is 0. The summed E-state index contributed by atoms with van der Waals surface area (Å²) in [7, 11) is 0. The van der Waals surface area contributed by atoms with Crippen molar-refractivity contribution in [3.63, 3.8) is 0 Å². The Hall–Kier alpha value is -7.12. The first kappa shape index (κ1) is 42.6. The van der Waals surface area contributed by atoms with Crippen molar-refractivity contribution in [1.29, 1.82) is 0 Å². The Kier molecular flexibility index (Phi) is 14.2. The van der Waals surface area contributed by atoms with Crippen LogP contribution < -0.4 is 9.97 Å². The van der Waals surface area contributed by atoms with Crippen LogP contribution in [0.25, 0.3) is 46.4 Å². The molecule has 0 spiro atoms. The number of carbonyl (C=O) groups excluding carboxylic acids is 8. The zero-order valence-corrected chi connectivity index (χ0v) is 31.3. The van der Waals surface area contributed by atoms with Gasteiger partial charge in [0.15, 0.2) is 0 Å². The summed E-state index contributed by atoms with van der Waals surface area (Å²) in [4.78, 5) is 118. The van der Waals surface area contributed by atoms with Crippen molar-refractivity contribution in [2.24, 2.45) is 0 Å².